The summed E-state index contributed by atoms with van der Waals surface area (Å²) >= 11 is 0. The van der Waals surface area contributed by atoms with Crippen LogP contribution in [0.15, 0.2) is 0 Å². The zero-order valence-corrected chi connectivity index (χ0v) is 9.07. The second-order valence-electron chi connectivity index (χ2n) is 4.32. The highest BCUT2D eigenvalue weighted by molar-refractivity contribution is 4.98. The van der Waals surface area contributed by atoms with E-state index in [0.717, 1.165) is 4.90 Å². The minimum absolute atomic E-state index is 0.135. The van der Waals surface area contributed by atoms with Gasteiger partial charge in [0.25, 0.3) is 5.60 Å². The van der Waals surface area contributed by atoms with Gasteiger partial charge in [-0.3, -0.25) is 4.90 Å². The molecule has 0 aliphatic carbocycles. The Morgan fingerprint density at radius 1 is 1.12 bits per heavy atom. The first kappa shape index (κ1) is 14.6. The summed E-state index contributed by atoms with van der Waals surface area (Å²) in [5.74, 6) is 0. The molecule has 2 nitrogen and oxygen atoms in total. The van der Waals surface area contributed by atoms with Crippen molar-refractivity contribution in [3.05, 3.63) is 0 Å². The van der Waals surface area contributed by atoms with Crippen molar-refractivity contribution in [1.29, 1.82) is 0 Å². The van der Waals surface area contributed by atoms with Gasteiger partial charge in [0.2, 0.25) is 0 Å². The summed E-state index contributed by atoms with van der Waals surface area (Å²) in [6, 6.07) is -0.383. The van der Waals surface area contributed by atoms with Gasteiger partial charge in [0.15, 0.2) is 0 Å². The molecular formula is C9H13F6NO. The summed E-state index contributed by atoms with van der Waals surface area (Å²) in [6.45, 7) is 0.219. The first-order valence-corrected chi connectivity index (χ1v) is 5.09. The van der Waals surface area contributed by atoms with Gasteiger partial charge < -0.3 is 5.11 Å². The van der Waals surface area contributed by atoms with Crippen LogP contribution in [0.25, 0.3) is 0 Å². The lowest BCUT2D eigenvalue weighted by Crippen LogP contribution is -2.63. The van der Waals surface area contributed by atoms with Gasteiger partial charge in [-0.2, -0.15) is 26.3 Å². The Morgan fingerprint density at radius 3 is 1.88 bits per heavy atom. The predicted octanol–water partition coefficient (Wildman–Crippen LogP) is 2.33. The Kier molecular flexibility index (Phi) is 3.69. The molecule has 0 aromatic rings. The average molecular weight is 265 g/mol. The van der Waals surface area contributed by atoms with Gasteiger partial charge in [0.1, 0.15) is 0 Å². The van der Waals surface area contributed by atoms with E-state index in [2.05, 4.69) is 0 Å². The van der Waals surface area contributed by atoms with E-state index in [1.165, 1.54) is 0 Å². The van der Waals surface area contributed by atoms with E-state index >= 15 is 0 Å². The molecule has 1 fully saturated rings. The molecule has 0 amide bonds. The minimum atomic E-state index is -5.73. The number of aliphatic hydroxyl groups is 1. The number of likely N-dealkylation sites (tertiary alicyclic amines) is 1. The fraction of sp³-hybridized carbons (Fsp3) is 1.00. The maximum absolute atomic E-state index is 12.4. The molecule has 1 rings (SSSR count). The summed E-state index contributed by atoms with van der Waals surface area (Å²) in [6.07, 6.45) is -10.4. The Morgan fingerprint density at radius 2 is 1.59 bits per heavy atom. The molecule has 0 aromatic carbocycles. The molecular weight excluding hydrogens is 252 g/mol. The third-order valence-corrected chi connectivity index (χ3v) is 3.06. The van der Waals surface area contributed by atoms with Crippen LogP contribution in [0.5, 0.6) is 0 Å². The number of β-amino-alcohol motifs (C(OH)–C–C–N with tert-alkyl or cyclic N) is 1. The fourth-order valence-corrected chi connectivity index (χ4v) is 1.86. The van der Waals surface area contributed by atoms with E-state index < -0.39 is 24.5 Å². The lowest BCUT2D eigenvalue weighted by Gasteiger charge is -2.36. The highest BCUT2D eigenvalue weighted by Gasteiger charge is 2.70. The maximum Gasteiger partial charge on any atom is 0.427 e. The zero-order chi connectivity index (χ0) is 13.5. The second-order valence-corrected chi connectivity index (χ2v) is 4.32. The third-order valence-electron chi connectivity index (χ3n) is 3.06. The van der Waals surface area contributed by atoms with Gasteiger partial charge in [0, 0.05) is 12.6 Å². The van der Waals surface area contributed by atoms with Gasteiger partial charge in [-0.05, 0) is 26.3 Å². The van der Waals surface area contributed by atoms with Gasteiger partial charge in [0.05, 0.1) is 0 Å². The quantitative estimate of drug-likeness (QED) is 0.774. The van der Waals surface area contributed by atoms with Crippen molar-refractivity contribution in [2.45, 2.75) is 43.8 Å². The van der Waals surface area contributed by atoms with Crippen LogP contribution in [-0.4, -0.2) is 47.1 Å². The Bertz CT molecular complexity index is 260. The second kappa shape index (κ2) is 4.31. The molecule has 1 heterocycles. The number of hydrogen-bond donors (Lipinski definition) is 1. The number of hydrogen-bond acceptors (Lipinski definition) is 2. The van der Waals surface area contributed by atoms with Crippen molar-refractivity contribution in [2.24, 2.45) is 0 Å². The third kappa shape index (κ3) is 2.67. The lowest BCUT2D eigenvalue weighted by molar-refractivity contribution is -0.371. The topological polar surface area (TPSA) is 23.5 Å². The Hall–Kier alpha value is -0.500. The SMILES string of the molecule is CC1CCCN1CC(O)(C(F)(F)F)C(F)(F)F. The molecule has 0 spiro atoms. The van der Waals surface area contributed by atoms with Crippen LogP contribution in [0.4, 0.5) is 26.3 Å². The van der Waals surface area contributed by atoms with E-state index in [1.807, 2.05) is 0 Å². The molecule has 0 saturated carbocycles. The first-order valence-electron chi connectivity index (χ1n) is 5.09. The van der Waals surface area contributed by atoms with Crippen molar-refractivity contribution < 1.29 is 31.4 Å². The standard InChI is InChI=1S/C9H13F6NO/c1-6-3-2-4-16(6)5-7(17,8(10,11)12)9(13,14)15/h6,17H,2-5H2,1H3. The Labute approximate surface area is 94.2 Å². The normalized spacial score (nSPS) is 24.4. The van der Waals surface area contributed by atoms with E-state index in [0.29, 0.717) is 12.8 Å². The maximum atomic E-state index is 12.4. The monoisotopic (exact) mass is 265 g/mol. The molecule has 0 bridgehead atoms. The first-order chi connectivity index (χ1) is 7.49. The summed E-state index contributed by atoms with van der Waals surface area (Å²) in [5.41, 5.74) is -4.65. The highest BCUT2D eigenvalue weighted by atomic mass is 19.4. The average Bonchev–Trinajstić information content (AvgIpc) is 2.47. The highest BCUT2D eigenvalue weighted by Crippen LogP contribution is 2.44. The summed E-state index contributed by atoms with van der Waals surface area (Å²) in [5, 5.41) is 8.97. The minimum Gasteiger partial charge on any atom is -0.373 e. The molecule has 0 aromatic heterocycles. The summed E-state index contributed by atoms with van der Waals surface area (Å²) < 4.78 is 74.3. The molecule has 1 unspecified atom stereocenters. The van der Waals surface area contributed by atoms with Crippen molar-refractivity contribution in [3.8, 4) is 0 Å². The molecule has 0 radical (unpaired) electrons. The van der Waals surface area contributed by atoms with Crippen LogP contribution in [0.1, 0.15) is 19.8 Å². The smallest absolute Gasteiger partial charge is 0.373 e. The van der Waals surface area contributed by atoms with Crippen LogP contribution < -0.4 is 0 Å². The number of nitrogens with zero attached hydrogens (tertiary/aromatic N) is 1. The zero-order valence-electron chi connectivity index (χ0n) is 9.07. The number of alkyl halides is 6. The summed E-state index contributed by atoms with van der Waals surface area (Å²) in [7, 11) is 0. The molecule has 17 heavy (non-hydrogen) atoms. The van der Waals surface area contributed by atoms with Crippen LogP contribution in [-0.2, 0) is 0 Å². The molecule has 1 atom stereocenters. The van der Waals surface area contributed by atoms with Crippen molar-refractivity contribution in [1.82, 2.24) is 4.90 Å². The van der Waals surface area contributed by atoms with E-state index in [-0.39, 0.29) is 12.6 Å². The van der Waals surface area contributed by atoms with Crippen LogP contribution in [0.3, 0.4) is 0 Å². The molecule has 1 N–H and O–H groups in total. The van der Waals surface area contributed by atoms with Crippen molar-refractivity contribution in [2.75, 3.05) is 13.1 Å². The summed E-state index contributed by atoms with van der Waals surface area (Å²) in [4.78, 5) is 1.01. The predicted molar refractivity (Wildman–Crippen MR) is 47.3 cm³/mol. The van der Waals surface area contributed by atoms with Gasteiger partial charge in [-0.15, -0.1) is 0 Å². The molecule has 1 saturated heterocycles. The van der Waals surface area contributed by atoms with E-state index in [9.17, 15) is 26.3 Å². The van der Waals surface area contributed by atoms with Gasteiger partial charge >= 0.3 is 12.4 Å². The largest absolute Gasteiger partial charge is 0.427 e. The van der Waals surface area contributed by atoms with E-state index in [4.69, 9.17) is 5.11 Å². The lowest BCUT2D eigenvalue weighted by atomic mass is 10.0. The molecule has 102 valence electrons. The van der Waals surface area contributed by atoms with Crippen LogP contribution in [0, 0.1) is 0 Å². The fourth-order valence-electron chi connectivity index (χ4n) is 1.86. The van der Waals surface area contributed by atoms with Crippen molar-refractivity contribution >= 4 is 0 Å². The van der Waals surface area contributed by atoms with Gasteiger partial charge in [-0.25, -0.2) is 0 Å². The van der Waals surface area contributed by atoms with E-state index in [1.54, 1.807) is 6.92 Å². The van der Waals surface area contributed by atoms with Crippen LogP contribution >= 0.6 is 0 Å². The number of rotatable bonds is 2. The van der Waals surface area contributed by atoms with Gasteiger partial charge in [-0.1, -0.05) is 0 Å². The number of halogens is 6. The molecule has 1 aliphatic rings. The van der Waals surface area contributed by atoms with Crippen molar-refractivity contribution in [3.63, 3.8) is 0 Å². The van der Waals surface area contributed by atoms with Crippen LogP contribution in [0.2, 0.25) is 0 Å². The Balaban J connectivity index is 2.93. The molecule has 8 heteroatoms. The molecule has 1 aliphatic heterocycles.